The number of nitrogens with one attached hydrogen (secondary N) is 2. The van der Waals surface area contributed by atoms with E-state index in [9.17, 15) is 4.79 Å². The monoisotopic (exact) mass is 469 g/mol. The van der Waals surface area contributed by atoms with Crippen molar-refractivity contribution in [2.75, 3.05) is 31.3 Å². The minimum Gasteiger partial charge on any atom is -0.480 e. The Morgan fingerprint density at radius 3 is 2.76 bits per heavy atom. The maximum absolute atomic E-state index is 12.6. The van der Waals surface area contributed by atoms with E-state index >= 15 is 0 Å². The first-order chi connectivity index (χ1) is 15.8. The van der Waals surface area contributed by atoms with E-state index in [0.717, 1.165) is 42.0 Å². The highest BCUT2D eigenvalue weighted by molar-refractivity contribution is 6.32. The van der Waals surface area contributed by atoms with Crippen molar-refractivity contribution in [1.82, 2.24) is 24.4 Å². The van der Waals surface area contributed by atoms with Gasteiger partial charge in [0.25, 0.3) is 5.56 Å². The number of halogens is 1. The maximum Gasteiger partial charge on any atom is 0.255 e. The number of hydrogen-bond donors (Lipinski definition) is 2. The summed E-state index contributed by atoms with van der Waals surface area (Å²) in [5.41, 5.74) is 5.44. The summed E-state index contributed by atoms with van der Waals surface area (Å²) in [5, 5.41) is 6.72. The van der Waals surface area contributed by atoms with Crippen LogP contribution in [-0.4, -0.2) is 45.1 Å². The molecule has 0 bridgehead atoms. The topological polar surface area (TPSA) is 97.2 Å². The van der Waals surface area contributed by atoms with Crippen LogP contribution in [0.4, 0.5) is 17.5 Å². The van der Waals surface area contributed by atoms with Gasteiger partial charge in [-0.2, -0.15) is 4.98 Å². The van der Waals surface area contributed by atoms with Crippen LogP contribution >= 0.6 is 11.6 Å². The van der Waals surface area contributed by atoms with Crippen LogP contribution in [0.2, 0.25) is 5.02 Å². The van der Waals surface area contributed by atoms with E-state index in [0.29, 0.717) is 40.5 Å². The number of anilines is 3. The Balaban J connectivity index is 1.57. The lowest BCUT2D eigenvalue weighted by Crippen LogP contribution is -2.27. The molecule has 0 amide bonds. The number of pyridine rings is 2. The molecule has 4 rings (SSSR count). The second-order valence-electron chi connectivity index (χ2n) is 8.31. The smallest absolute Gasteiger partial charge is 0.255 e. The highest BCUT2D eigenvalue weighted by atomic mass is 35.5. The lowest BCUT2D eigenvalue weighted by Gasteiger charge is -2.25. The molecule has 0 unspecified atom stereocenters. The summed E-state index contributed by atoms with van der Waals surface area (Å²) in [6.45, 7) is 5.99. The van der Waals surface area contributed by atoms with Gasteiger partial charge in [-0.3, -0.25) is 4.79 Å². The van der Waals surface area contributed by atoms with Crippen molar-refractivity contribution >= 4 is 29.1 Å². The number of fused-ring (bicyclic) bond motifs is 1. The molecule has 10 heteroatoms. The SMILES string of the molecule is COc1nc2c(cc1Nc1ncc(Cl)c(NCc3cc(C)c(C)n(C)c3=O)n1)CN(C)CC2. The van der Waals surface area contributed by atoms with Gasteiger partial charge in [-0.1, -0.05) is 11.6 Å². The van der Waals surface area contributed by atoms with Gasteiger partial charge in [0.05, 0.1) is 19.0 Å². The second-order valence-corrected chi connectivity index (χ2v) is 8.72. The van der Waals surface area contributed by atoms with Crippen LogP contribution in [0, 0.1) is 13.8 Å². The van der Waals surface area contributed by atoms with E-state index in [1.54, 1.807) is 18.7 Å². The second kappa shape index (κ2) is 9.36. The van der Waals surface area contributed by atoms with Crippen LogP contribution in [0.5, 0.6) is 5.88 Å². The van der Waals surface area contributed by atoms with Crippen LogP contribution in [0.1, 0.15) is 28.1 Å². The van der Waals surface area contributed by atoms with E-state index in [-0.39, 0.29) is 5.56 Å². The van der Waals surface area contributed by atoms with Gasteiger partial charge in [0, 0.05) is 44.4 Å². The molecule has 174 valence electrons. The van der Waals surface area contributed by atoms with Gasteiger partial charge in [0.1, 0.15) is 10.7 Å². The number of hydrogen-bond acceptors (Lipinski definition) is 8. The molecule has 3 aromatic rings. The molecule has 3 aromatic heterocycles. The first-order valence-corrected chi connectivity index (χ1v) is 11.1. The molecule has 4 heterocycles. The lowest BCUT2D eigenvalue weighted by molar-refractivity contribution is 0.307. The van der Waals surface area contributed by atoms with Crippen molar-refractivity contribution in [3.63, 3.8) is 0 Å². The Hall–Kier alpha value is -3.17. The van der Waals surface area contributed by atoms with Gasteiger partial charge in [0.2, 0.25) is 11.8 Å². The molecule has 0 saturated carbocycles. The van der Waals surface area contributed by atoms with Gasteiger partial charge in [-0.05, 0) is 44.2 Å². The van der Waals surface area contributed by atoms with Crippen LogP contribution in [-0.2, 0) is 26.6 Å². The van der Waals surface area contributed by atoms with Crippen molar-refractivity contribution in [1.29, 1.82) is 0 Å². The molecule has 0 radical (unpaired) electrons. The van der Waals surface area contributed by atoms with Gasteiger partial charge < -0.3 is 24.8 Å². The highest BCUT2D eigenvalue weighted by Gasteiger charge is 2.19. The lowest BCUT2D eigenvalue weighted by atomic mass is 10.1. The maximum atomic E-state index is 12.6. The third-order valence-corrected chi connectivity index (χ3v) is 6.28. The fourth-order valence-corrected chi connectivity index (χ4v) is 4.03. The van der Waals surface area contributed by atoms with Crippen molar-refractivity contribution in [3.8, 4) is 5.88 Å². The summed E-state index contributed by atoms with van der Waals surface area (Å²) >= 11 is 6.32. The molecule has 0 spiro atoms. The van der Waals surface area contributed by atoms with Gasteiger partial charge in [0.15, 0.2) is 5.82 Å². The Bertz CT molecular complexity index is 1260. The standard InChI is InChI=1S/C23H28ClN7O2/c1-13-8-15(22(32)31(4)14(13)2)10-25-20-17(24)11-26-23(29-20)28-19-9-16-12-30(3)7-6-18(16)27-21(19)33-5/h8-9,11H,6-7,10,12H2,1-5H3,(H2,25,26,28,29). The Morgan fingerprint density at radius 1 is 1.21 bits per heavy atom. The van der Waals surface area contributed by atoms with Crippen LogP contribution < -0.4 is 20.9 Å². The van der Waals surface area contributed by atoms with Crippen LogP contribution in [0.3, 0.4) is 0 Å². The number of nitrogens with zero attached hydrogens (tertiary/aromatic N) is 5. The summed E-state index contributed by atoms with van der Waals surface area (Å²) in [5.74, 6) is 1.27. The molecule has 1 aliphatic heterocycles. The molecule has 9 nitrogen and oxygen atoms in total. The number of methoxy groups -OCH3 is 1. The summed E-state index contributed by atoms with van der Waals surface area (Å²) in [7, 11) is 5.45. The summed E-state index contributed by atoms with van der Waals surface area (Å²) in [4.78, 5) is 28.3. The average Bonchev–Trinajstić information content (AvgIpc) is 2.80. The predicted octanol–water partition coefficient (Wildman–Crippen LogP) is 3.19. The van der Waals surface area contributed by atoms with Crippen LogP contribution in [0.25, 0.3) is 0 Å². The van der Waals surface area contributed by atoms with Crippen molar-refractivity contribution in [3.05, 3.63) is 61.8 Å². The number of likely N-dealkylation sites (N-methyl/N-ethyl adjacent to an activating group) is 1. The molecule has 0 saturated heterocycles. The predicted molar refractivity (Wildman–Crippen MR) is 130 cm³/mol. The first kappa shape index (κ1) is 23.0. The Kier molecular flexibility index (Phi) is 6.53. The highest BCUT2D eigenvalue weighted by Crippen LogP contribution is 2.30. The Morgan fingerprint density at radius 2 is 2.00 bits per heavy atom. The van der Waals surface area contributed by atoms with Gasteiger partial charge in [-0.25, -0.2) is 9.97 Å². The van der Waals surface area contributed by atoms with E-state index in [4.69, 9.17) is 16.3 Å². The van der Waals surface area contributed by atoms with Crippen molar-refractivity contribution in [2.45, 2.75) is 33.4 Å². The molecular weight excluding hydrogens is 442 g/mol. The summed E-state index contributed by atoms with van der Waals surface area (Å²) in [6, 6.07) is 3.92. The van der Waals surface area contributed by atoms with E-state index in [2.05, 4.69) is 37.5 Å². The molecule has 33 heavy (non-hydrogen) atoms. The van der Waals surface area contributed by atoms with Gasteiger partial charge >= 0.3 is 0 Å². The number of aryl methyl sites for hydroxylation is 1. The number of rotatable bonds is 6. The van der Waals surface area contributed by atoms with E-state index in [1.807, 2.05) is 26.0 Å². The van der Waals surface area contributed by atoms with Crippen LogP contribution in [0.15, 0.2) is 23.1 Å². The molecule has 0 atom stereocenters. The normalized spacial score (nSPS) is 13.5. The third-order valence-electron chi connectivity index (χ3n) is 6.00. The number of aromatic nitrogens is 4. The summed E-state index contributed by atoms with van der Waals surface area (Å²) < 4.78 is 7.14. The van der Waals surface area contributed by atoms with Crippen molar-refractivity contribution < 1.29 is 4.74 Å². The van der Waals surface area contributed by atoms with E-state index in [1.165, 1.54) is 6.20 Å². The zero-order valence-corrected chi connectivity index (χ0v) is 20.2. The first-order valence-electron chi connectivity index (χ1n) is 10.7. The molecule has 0 fully saturated rings. The number of ether oxygens (including phenoxy) is 1. The largest absolute Gasteiger partial charge is 0.480 e. The molecule has 2 N–H and O–H groups in total. The van der Waals surface area contributed by atoms with Crippen molar-refractivity contribution in [2.24, 2.45) is 7.05 Å². The minimum atomic E-state index is -0.0519. The zero-order valence-electron chi connectivity index (χ0n) is 19.5. The molecular formula is C23H28ClN7O2. The minimum absolute atomic E-state index is 0.0519. The molecule has 0 aliphatic carbocycles. The fourth-order valence-electron chi connectivity index (χ4n) is 3.88. The Labute approximate surface area is 197 Å². The quantitative estimate of drug-likeness (QED) is 0.568. The van der Waals surface area contributed by atoms with Gasteiger partial charge in [-0.15, -0.1) is 0 Å². The molecule has 0 aromatic carbocycles. The molecule has 1 aliphatic rings. The average molecular weight is 470 g/mol. The van der Waals surface area contributed by atoms with E-state index < -0.39 is 0 Å². The summed E-state index contributed by atoms with van der Waals surface area (Å²) in [6.07, 6.45) is 2.40. The fraction of sp³-hybridized carbons (Fsp3) is 0.391. The zero-order chi connectivity index (χ0) is 23.7. The third kappa shape index (κ3) is 4.79.